The van der Waals surface area contributed by atoms with Crippen LogP contribution in [0, 0.1) is 5.82 Å². The minimum absolute atomic E-state index is 0.0604. The van der Waals surface area contributed by atoms with Crippen LogP contribution in [0.3, 0.4) is 0 Å². The molecule has 1 aliphatic rings. The van der Waals surface area contributed by atoms with Crippen LogP contribution in [0.25, 0.3) is 0 Å². The van der Waals surface area contributed by atoms with Crippen LogP contribution >= 0.6 is 0 Å². The Morgan fingerprint density at radius 2 is 2.00 bits per heavy atom. The predicted octanol–water partition coefficient (Wildman–Crippen LogP) is 2.36. The Morgan fingerprint density at radius 3 is 2.74 bits per heavy atom. The summed E-state index contributed by atoms with van der Waals surface area (Å²) in [5, 5.41) is 8.51. The van der Waals surface area contributed by atoms with Crippen LogP contribution in [0.2, 0.25) is 0 Å². The SMILES string of the molecule is O=C(O)CCCCC(=O)N1CCc2c(F)cccc21. The summed E-state index contributed by atoms with van der Waals surface area (Å²) in [5.74, 6) is -1.17. The minimum Gasteiger partial charge on any atom is -0.481 e. The first-order valence-corrected chi connectivity index (χ1v) is 6.39. The monoisotopic (exact) mass is 265 g/mol. The van der Waals surface area contributed by atoms with Crippen molar-refractivity contribution in [1.29, 1.82) is 0 Å². The number of benzene rings is 1. The molecule has 0 aromatic heterocycles. The van der Waals surface area contributed by atoms with Crippen LogP contribution in [0.1, 0.15) is 31.2 Å². The van der Waals surface area contributed by atoms with Gasteiger partial charge in [0.1, 0.15) is 5.82 Å². The number of hydrogen-bond acceptors (Lipinski definition) is 2. The quantitative estimate of drug-likeness (QED) is 0.831. The maximum atomic E-state index is 13.5. The highest BCUT2D eigenvalue weighted by Gasteiger charge is 2.26. The number of hydrogen-bond donors (Lipinski definition) is 1. The van der Waals surface area contributed by atoms with Gasteiger partial charge in [0.05, 0.1) is 0 Å². The number of amides is 1. The van der Waals surface area contributed by atoms with Crippen molar-refractivity contribution in [2.24, 2.45) is 0 Å². The molecule has 0 aliphatic carbocycles. The second-order valence-electron chi connectivity index (χ2n) is 4.63. The van der Waals surface area contributed by atoms with E-state index in [2.05, 4.69) is 0 Å². The molecule has 0 unspecified atom stereocenters. The average Bonchev–Trinajstić information content (AvgIpc) is 2.79. The van der Waals surface area contributed by atoms with E-state index < -0.39 is 5.97 Å². The number of rotatable bonds is 5. The van der Waals surface area contributed by atoms with E-state index in [0.29, 0.717) is 43.5 Å². The van der Waals surface area contributed by atoms with Crippen molar-refractivity contribution in [3.8, 4) is 0 Å². The van der Waals surface area contributed by atoms with Gasteiger partial charge in [-0.3, -0.25) is 9.59 Å². The molecule has 0 radical (unpaired) electrons. The molecule has 0 fully saturated rings. The second-order valence-corrected chi connectivity index (χ2v) is 4.63. The summed E-state index contributed by atoms with van der Waals surface area (Å²) in [6.07, 6.45) is 1.97. The average molecular weight is 265 g/mol. The summed E-state index contributed by atoms with van der Waals surface area (Å²) in [6.45, 7) is 0.508. The lowest BCUT2D eigenvalue weighted by Gasteiger charge is -2.17. The smallest absolute Gasteiger partial charge is 0.303 e. The number of anilines is 1. The number of carbonyl (C=O) groups excluding carboxylic acids is 1. The van der Waals surface area contributed by atoms with Gasteiger partial charge in [0.2, 0.25) is 5.91 Å². The van der Waals surface area contributed by atoms with Crippen molar-refractivity contribution in [3.05, 3.63) is 29.6 Å². The van der Waals surface area contributed by atoms with E-state index in [1.54, 1.807) is 17.0 Å². The first-order valence-electron chi connectivity index (χ1n) is 6.39. The molecule has 0 saturated heterocycles. The Labute approximate surface area is 110 Å². The Kier molecular flexibility index (Phi) is 4.14. The first-order chi connectivity index (χ1) is 9.09. The van der Waals surface area contributed by atoms with Gasteiger partial charge in [-0.2, -0.15) is 0 Å². The van der Waals surface area contributed by atoms with E-state index >= 15 is 0 Å². The number of carboxylic acid groups (broad SMARTS) is 1. The molecule has 2 rings (SSSR count). The molecule has 19 heavy (non-hydrogen) atoms. The fourth-order valence-electron chi connectivity index (χ4n) is 2.34. The standard InChI is InChI=1S/C14H16FNO3/c15-11-4-3-5-12-10(11)8-9-16(12)13(17)6-1-2-7-14(18)19/h3-5H,1-2,6-9H2,(H,18,19). The number of carbonyl (C=O) groups is 2. The zero-order valence-corrected chi connectivity index (χ0v) is 10.6. The molecule has 0 bridgehead atoms. The van der Waals surface area contributed by atoms with Gasteiger partial charge in [0.15, 0.2) is 0 Å². The molecule has 1 aromatic rings. The van der Waals surface area contributed by atoms with E-state index in [-0.39, 0.29) is 18.1 Å². The highest BCUT2D eigenvalue weighted by atomic mass is 19.1. The molecule has 5 heteroatoms. The van der Waals surface area contributed by atoms with Crippen LogP contribution in [0.4, 0.5) is 10.1 Å². The van der Waals surface area contributed by atoms with E-state index in [1.165, 1.54) is 6.07 Å². The summed E-state index contributed by atoms with van der Waals surface area (Å²) in [4.78, 5) is 24.0. The highest BCUT2D eigenvalue weighted by molar-refractivity contribution is 5.95. The van der Waals surface area contributed by atoms with Gasteiger partial charge in [-0.05, 0) is 31.4 Å². The molecule has 1 amide bonds. The third-order valence-corrected chi connectivity index (χ3v) is 3.30. The lowest BCUT2D eigenvalue weighted by atomic mass is 10.1. The van der Waals surface area contributed by atoms with Crippen LogP contribution in [0.15, 0.2) is 18.2 Å². The first kappa shape index (κ1) is 13.5. The van der Waals surface area contributed by atoms with E-state index in [9.17, 15) is 14.0 Å². The summed E-state index contributed by atoms with van der Waals surface area (Å²) in [6, 6.07) is 4.75. The Bertz CT molecular complexity index is 501. The van der Waals surface area contributed by atoms with Gasteiger partial charge in [0.25, 0.3) is 0 Å². The van der Waals surface area contributed by atoms with Gasteiger partial charge in [-0.1, -0.05) is 6.07 Å². The van der Waals surface area contributed by atoms with Crippen molar-refractivity contribution < 1.29 is 19.1 Å². The molecule has 0 spiro atoms. The number of halogens is 1. The summed E-state index contributed by atoms with van der Waals surface area (Å²) < 4.78 is 13.5. The lowest BCUT2D eigenvalue weighted by molar-refractivity contribution is -0.137. The normalized spacial score (nSPS) is 13.4. The van der Waals surface area contributed by atoms with Crippen molar-refractivity contribution in [3.63, 3.8) is 0 Å². The second kappa shape index (κ2) is 5.82. The van der Waals surface area contributed by atoms with Gasteiger partial charge < -0.3 is 10.0 Å². The van der Waals surface area contributed by atoms with Crippen LogP contribution in [0.5, 0.6) is 0 Å². The zero-order chi connectivity index (χ0) is 13.8. The highest BCUT2D eigenvalue weighted by Crippen LogP contribution is 2.30. The number of fused-ring (bicyclic) bond motifs is 1. The number of nitrogens with zero attached hydrogens (tertiary/aromatic N) is 1. The van der Waals surface area contributed by atoms with Crippen molar-refractivity contribution in [2.45, 2.75) is 32.1 Å². The van der Waals surface area contributed by atoms with Crippen LogP contribution in [-0.2, 0) is 16.0 Å². The molecule has 1 heterocycles. The topological polar surface area (TPSA) is 57.6 Å². The number of carboxylic acids is 1. The van der Waals surface area contributed by atoms with Crippen LogP contribution in [-0.4, -0.2) is 23.5 Å². The molecule has 0 saturated carbocycles. The molecular weight excluding hydrogens is 249 g/mol. The minimum atomic E-state index is -0.846. The molecule has 1 aliphatic heterocycles. The third kappa shape index (κ3) is 3.10. The van der Waals surface area contributed by atoms with E-state index in [4.69, 9.17) is 5.11 Å². The maximum Gasteiger partial charge on any atom is 0.303 e. The largest absolute Gasteiger partial charge is 0.481 e. The van der Waals surface area contributed by atoms with Crippen LogP contribution < -0.4 is 4.90 Å². The Hall–Kier alpha value is -1.91. The third-order valence-electron chi connectivity index (χ3n) is 3.30. The van der Waals surface area contributed by atoms with Crippen molar-refractivity contribution in [2.75, 3.05) is 11.4 Å². The number of aliphatic carboxylic acids is 1. The maximum absolute atomic E-state index is 13.5. The lowest BCUT2D eigenvalue weighted by Crippen LogP contribution is -2.28. The fraction of sp³-hybridized carbons (Fsp3) is 0.429. The molecule has 1 N–H and O–H groups in total. The molecule has 1 aromatic carbocycles. The predicted molar refractivity (Wildman–Crippen MR) is 68.6 cm³/mol. The molecular formula is C14H16FNO3. The Balaban J connectivity index is 1.92. The van der Waals surface area contributed by atoms with Crippen molar-refractivity contribution >= 4 is 17.6 Å². The van der Waals surface area contributed by atoms with Crippen molar-refractivity contribution in [1.82, 2.24) is 0 Å². The van der Waals surface area contributed by atoms with Gasteiger partial charge >= 0.3 is 5.97 Å². The van der Waals surface area contributed by atoms with Gasteiger partial charge in [-0.15, -0.1) is 0 Å². The molecule has 4 nitrogen and oxygen atoms in total. The molecule has 102 valence electrons. The van der Waals surface area contributed by atoms with Gasteiger partial charge in [0, 0.05) is 30.6 Å². The summed E-state index contributed by atoms with van der Waals surface area (Å²) >= 11 is 0. The number of unbranched alkanes of at least 4 members (excludes halogenated alkanes) is 1. The Morgan fingerprint density at radius 1 is 1.26 bits per heavy atom. The zero-order valence-electron chi connectivity index (χ0n) is 10.6. The summed E-state index contributed by atoms with van der Waals surface area (Å²) in [7, 11) is 0. The molecule has 0 atom stereocenters. The van der Waals surface area contributed by atoms with E-state index in [0.717, 1.165) is 0 Å². The fourth-order valence-corrected chi connectivity index (χ4v) is 2.34. The summed E-state index contributed by atoms with van der Waals surface area (Å²) in [5.41, 5.74) is 1.25. The van der Waals surface area contributed by atoms with Gasteiger partial charge in [-0.25, -0.2) is 4.39 Å². The van der Waals surface area contributed by atoms with E-state index in [1.807, 2.05) is 0 Å².